The van der Waals surface area contributed by atoms with E-state index in [2.05, 4.69) is 32.4 Å². The van der Waals surface area contributed by atoms with E-state index in [1.54, 1.807) is 6.07 Å². The number of rotatable bonds is 4. The molecule has 7 heteroatoms. The Balaban J connectivity index is 1.59. The van der Waals surface area contributed by atoms with Crippen molar-refractivity contribution in [1.82, 2.24) is 24.5 Å². The Bertz CT molecular complexity index is 668. The van der Waals surface area contributed by atoms with Gasteiger partial charge in [-0.1, -0.05) is 0 Å². The monoisotopic (exact) mass is 290 g/mol. The van der Waals surface area contributed by atoms with E-state index in [1.807, 2.05) is 6.92 Å². The molecular weight excluding hydrogens is 268 g/mol. The van der Waals surface area contributed by atoms with Gasteiger partial charge in [0.1, 0.15) is 11.6 Å². The van der Waals surface area contributed by atoms with Gasteiger partial charge in [-0.3, -0.25) is 0 Å². The number of fused-ring (bicyclic) bond motifs is 1. The lowest BCUT2D eigenvalue weighted by Gasteiger charge is -2.28. The van der Waals surface area contributed by atoms with Crippen LogP contribution in [0.1, 0.15) is 25.1 Å². The van der Waals surface area contributed by atoms with Gasteiger partial charge >= 0.3 is 5.69 Å². The first kappa shape index (κ1) is 14.1. The van der Waals surface area contributed by atoms with Gasteiger partial charge in [0.15, 0.2) is 5.65 Å². The number of aromatic amines is 1. The minimum atomic E-state index is -0.243. The van der Waals surface area contributed by atoms with Gasteiger partial charge in [-0.25, -0.2) is 19.3 Å². The number of likely N-dealkylation sites (tertiary alicyclic amines) is 1. The first-order chi connectivity index (χ1) is 10.1. The third-order valence-electron chi connectivity index (χ3n) is 4.27. The Morgan fingerprint density at radius 3 is 2.95 bits per heavy atom. The minimum Gasteiger partial charge on any atom is -0.370 e. The van der Waals surface area contributed by atoms with Crippen molar-refractivity contribution in [3.05, 3.63) is 22.4 Å². The topological polar surface area (TPSA) is 78.3 Å². The summed E-state index contributed by atoms with van der Waals surface area (Å²) in [6.07, 6.45) is 3.71. The van der Waals surface area contributed by atoms with Crippen LogP contribution in [0.25, 0.3) is 5.65 Å². The van der Waals surface area contributed by atoms with Crippen LogP contribution in [-0.2, 0) is 0 Å². The van der Waals surface area contributed by atoms with Crippen molar-refractivity contribution < 1.29 is 0 Å². The summed E-state index contributed by atoms with van der Waals surface area (Å²) in [6.45, 7) is 5.12. The van der Waals surface area contributed by atoms with Gasteiger partial charge in [0.25, 0.3) is 0 Å². The highest BCUT2D eigenvalue weighted by Gasteiger charge is 2.16. The molecule has 2 aromatic heterocycles. The number of aromatic nitrogens is 4. The molecule has 0 aliphatic carbocycles. The molecule has 7 nitrogen and oxygen atoms in total. The Labute approximate surface area is 123 Å². The summed E-state index contributed by atoms with van der Waals surface area (Å²) in [5, 5.41) is 9.78. The molecule has 0 spiro atoms. The highest BCUT2D eigenvalue weighted by atomic mass is 16.1. The normalized spacial score (nSPS) is 17.4. The number of piperidine rings is 1. The lowest BCUT2D eigenvalue weighted by atomic mass is 9.94. The molecule has 0 amide bonds. The molecule has 1 saturated heterocycles. The van der Waals surface area contributed by atoms with E-state index in [1.165, 1.54) is 30.3 Å². The average Bonchev–Trinajstić information content (AvgIpc) is 2.83. The van der Waals surface area contributed by atoms with Crippen molar-refractivity contribution in [2.45, 2.75) is 26.2 Å². The molecular formula is C14H22N6O. The maximum atomic E-state index is 11.5. The third-order valence-corrected chi connectivity index (χ3v) is 4.27. The van der Waals surface area contributed by atoms with Gasteiger partial charge in [-0.15, -0.1) is 0 Å². The Hall–Kier alpha value is -1.89. The van der Waals surface area contributed by atoms with Gasteiger partial charge in [0, 0.05) is 12.6 Å². The van der Waals surface area contributed by atoms with Crippen molar-refractivity contribution in [2.75, 3.05) is 32.0 Å². The van der Waals surface area contributed by atoms with Gasteiger partial charge in [-0.05, 0) is 52.2 Å². The smallest absolute Gasteiger partial charge is 0.349 e. The molecule has 0 saturated carbocycles. The summed E-state index contributed by atoms with van der Waals surface area (Å²) >= 11 is 0. The fraction of sp³-hybridized carbons (Fsp3) is 0.643. The Kier molecular flexibility index (Phi) is 3.92. The molecule has 114 valence electrons. The largest absolute Gasteiger partial charge is 0.370 e. The lowest BCUT2D eigenvalue weighted by molar-refractivity contribution is 0.215. The zero-order valence-corrected chi connectivity index (χ0v) is 12.6. The molecule has 0 aromatic carbocycles. The van der Waals surface area contributed by atoms with E-state index >= 15 is 0 Å². The van der Waals surface area contributed by atoms with Crippen molar-refractivity contribution in [1.29, 1.82) is 0 Å². The highest BCUT2D eigenvalue weighted by molar-refractivity contribution is 5.49. The van der Waals surface area contributed by atoms with E-state index < -0.39 is 0 Å². The van der Waals surface area contributed by atoms with Crippen LogP contribution in [0.4, 0.5) is 5.82 Å². The predicted molar refractivity (Wildman–Crippen MR) is 81.7 cm³/mol. The number of hydrogen-bond donors (Lipinski definition) is 2. The first-order valence-electron chi connectivity index (χ1n) is 7.50. The van der Waals surface area contributed by atoms with Crippen LogP contribution in [0, 0.1) is 12.8 Å². The molecule has 1 aliphatic rings. The number of aryl methyl sites for hydroxylation is 1. The van der Waals surface area contributed by atoms with Gasteiger partial charge in [0.05, 0.1) is 0 Å². The van der Waals surface area contributed by atoms with Crippen molar-refractivity contribution in [3.63, 3.8) is 0 Å². The standard InChI is InChI=1S/C14H22N6O/c1-10-16-12(9-13-17-18-14(21)20(10)13)15-6-3-11-4-7-19(2)8-5-11/h9,11,15H,3-8H2,1-2H3,(H,18,21). The van der Waals surface area contributed by atoms with Crippen LogP contribution in [-0.4, -0.2) is 51.2 Å². The van der Waals surface area contributed by atoms with Gasteiger partial charge < -0.3 is 10.2 Å². The molecule has 1 fully saturated rings. The van der Waals surface area contributed by atoms with Gasteiger partial charge in [0.2, 0.25) is 0 Å². The summed E-state index contributed by atoms with van der Waals surface area (Å²) in [5.41, 5.74) is 0.363. The molecule has 3 rings (SSSR count). The van der Waals surface area contributed by atoms with E-state index in [-0.39, 0.29) is 5.69 Å². The Morgan fingerprint density at radius 1 is 1.43 bits per heavy atom. The molecule has 0 bridgehead atoms. The van der Waals surface area contributed by atoms with Crippen LogP contribution in [0.2, 0.25) is 0 Å². The Morgan fingerprint density at radius 2 is 2.19 bits per heavy atom. The van der Waals surface area contributed by atoms with Crippen molar-refractivity contribution in [2.24, 2.45) is 5.92 Å². The van der Waals surface area contributed by atoms with E-state index in [9.17, 15) is 4.79 Å². The second-order valence-corrected chi connectivity index (χ2v) is 5.87. The first-order valence-corrected chi connectivity index (χ1v) is 7.50. The maximum absolute atomic E-state index is 11.5. The summed E-state index contributed by atoms with van der Waals surface area (Å²) in [6, 6.07) is 1.81. The minimum absolute atomic E-state index is 0.243. The highest BCUT2D eigenvalue weighted by Crippen LogP contribution is 2.19. The van der Waals surface area contributed by atoms with Crippen LogP contribution >= 0.6 is 0 Å². The maximum Gasteiger partial charge on any atom is 0.349 e. The fourth-order valence-electron chi connectivity index (χ4n) is 2.94. The summed E-state index contributed by atoms with van der Waals surface area (Å²) < 4.78 is 1.47. The van der Waals surface area contributed by atoms with E-state index in [4.69, 9.17) is 0 Å². The predicted octanol–water partition coefficient (Wildman–Crippen LogP) is 0.870. The quantitative estimate of drug-likeness (QED) is 0.873. The van der Waals surface area contributed by atoms with E-state index in [0.717, 1.165) is 24.7 Å². The zero-order valence-electron chi connectivity index (χ0n) is 12.6. The molecule has 3 heterocycles. The van der Waals surface area contributed by atoms with Crippen LogP contribution < -0.4 is 11.0 Å². The lowest BCUT2D eigenvalue weighted by Crippen LogP contribution is -2.30. The third kappa shape index (κ3) is 3.07. The molecule has 1 aliphatic heterocycles. The number of anilines is 1. The SMILES string of the molecule is Cc1nc(NCCC2CCN(C)CC2)cc2n[nH]c(=O)n12. The van der Waals surface area contributed by atoms with E-state index in [0.29, 0.717) is 11.5 Å². The molecule has 2 aromatic rings. The summed E-state index contributed by atoms with van der Waals surface area (Å²) in [4.78, 5) is 18.3. The molecule has 0 unspecified atom stereocenters. The fourth-order valence-corrected chi connectivity index (χ4v) is 2.94. The molecule has 0 radical (unpaired) electrons. The van der Waals surface area contributed by atoms with Crippen molar-refractivity contribution in [3.8, 4) is 0 Å². The second-order valence-electron chi connectivity index (χ2n) is 5.87. The summed E-state index contributed by atoms with van der Waals surface area (Å²) in [7, 11) is 2.18. The molecule has 0 atom stereocenters. The van der Waals surface area contributed by atoms with Crippen molar-refractivity contribution >= 4 is 11.5 Å². The zero-order chi connectivity index (χ0) is 14.8. The molecule has 21 heavy (non-hydrogen) atoms. The van der Waals surface area contributed by atoms with Crippen LogP contribution in [0.3, 0.4) is 0 Å². The van der Waals surface area contributed by atoms with Crippen LogP contribution in [0.5, 0.6) is 0 Å². The van der Waals surface area contributed by atoms with Gasteiger partial charge in [-0.2, -0.15) is 5.10 Å². The number of nitrogens with one attached hydrogen (secondary N) is 2. The second kappa shape index (κ2) is 5.85. The number of nitrogens with zero attached hydrogens (tertiary/aromatic N) is 4. The molecule has 2 N–H and O–H groups in total. The average molecular weight is 290 g/mol. The number of hydrogen-bond acceptors (Lipinski definition) is 5. The summed E-state index contributed by atoms with van der Waals surface area (Å²) in [5.74, 6) is 2.23. The van der Waals surface area contributed by atoms with Crippen LogP contribution in [0.15, 0.2) is 10.9 Å². The number of H-pyrrole nitrogens is 1.